The summed E-state index contributed by atoms with van der Waals surface area (Å²) in [6.07, 6.45) is 1.09. The molecule has 0 fully saturated rings. The van der Waals surface area contributed by atoms with Crippen LogP contribution in [0.3, 0.4) is 0 Å². The highest BCUT2D eigenvalue weighted by molar-refractivity contribution is 5.68. The Morgan fingerprint density at radius 2 is 1.42 bits per heavy atom. The Hall–Kier alpha value is -3.41. The number of hydrogen-bond acceptors (Lipinski definition) is 4. The molecule has 0 saturated heterocycles. The smallest absolute Gasteiger partial charge is 0.407 e. The zero-order valence-electron chi connectivity index (χ0n) is 23.1. The van der Waals surface area contributed by atoms with Crippen molar-refractivity contribution in [3.8, 4) is 0 Å². The minimum atomic E-state index is -0.556. The predicted molar refractivity (Wildman–Crippen MR) is 155 cm³/mol. The van der Waals surface area contributed by atoms with E-state index in [4.69, 9.17) is 9.47 Å². The summed E-state index contributed by atoms with van der Waals surface area (Å²) in [6.45, 7) is 13.3. The highest BCUT2D eigenvalue weighted by atomic mass is 16.6. The fourth-order valence-corrected chi connectivity index (χ4v) is 4.25. The average Bonchev–Trinajstić information content (AvgIpc) is 2.87. The fraction of sp³-hybridized carbons (Fsp3) is 0.364. The number of hydrogen-bond donors (Lipinski definition) is 1. The zero-order chi connectivity index (χ0) is 27.2. The van der Waals surface area contributed by atoms with Gasteiger partial charge in [-0.3, -0.25) is 4.90 Å². The predicted octanol–water partition coefficient (Wildman–Crippen LogP) is 6.79. The van der Waals surface area contributed by atoms with E-state index in [1.54, 1.807) is 0 Å². The molecule has 0 aromatic heterocycles. The Morgan fingerprint density at radius 1 is 0.868 bits per heavy atom. The summed E-state index contributed by atoms with van der Waals surface area (Å²) in [4.78, 5) is 15.1. The van der Waals surface area contributed by atoms with Crippen molar-refractivity contribution in [2.45, 2.75) is 58.4 Å². The van der Waals surface area contributed by atoms with Crippen molar-refractivity contribution in [1.82, 2.24) is 10.2 Å². The molecule has 0 bridgehead atoms. The van der Waals surface area contributed by atoms with Gasteiger partial charge in [0.05, 0.1) is 13.2 Å². The Kier molecular flexibility index (Phi) is 11.6. The van der Waals surface area contributed by atoms with Gasteiger partial charge in [-0.15, -0.1) is 0 Å². The van der Waals surface area contributed by atoms with Gasteiger partial charge in [0, 0.05) is 25.7 Å². The summed E-state index contributed by atoms with van der Waals surface area (Å²) in [5.74, 6) is 0. The molecular weight excluding hydrogens is 472 g/mol. The number of carbonyl (C=O) groups excluding carboxylic acids is 1. The monoisotopic (exact) mass is 514 g/mol. The van der Waals surface area contributed by atoms with E-state index in [0.717, 1.165) is 18.5 Å². The second-order valence-corrected chi connectivity index (χ2v) is 10.7. The van der Waals surface area contributed by atoms with Crippen molar-refractivity contribution in [2.75, 3.05) is 19.7 Å². The largest absolute Gasteiger partial charge is 0.444 e. The molecule has 0 heterocycles. The topological polar surface area (TPSA) is 50.8 Å². The number of amides is 1. The standard InChI is InChI=1S/C33H42N2O3/c1-27(20-21-37-26-30-18-12-7-13-19-30)23-35(24-29-16-10-6-11-17-29)25-31(22-28-14-8-5-9-15-28)34-32(36)38-33(2,3)4/h5-19,31H,1,20-26H2,2-4H3,(H,34,36)/t31-/m0/s1. The van der Waals surface area contributed by atoms with E-state index in [1.807, 2.05) is 63.2 Å². The molecule has 3 aromatic rings. The molecule has 0 unspecified atom stereocenters. The lowest BCUT2D eigenvalue weighted by atomic mass is 10.0. The number of nitrogens with one attached hydrogen (secondary N) is 1. The van der Waals surface area contributed by atoms with Crippen LogP contribution >= 0.6 is 0 Å². The van der Waals surface area contributed by atoms with Crippen LogP contribution < -0.4 is 5.32 Å². The maximum absolute atomic E-state index is 12.7. The van der Waals surface area contributed by atoms with E-state index in [1.165, 1.54) is 16.7 Å². The molecule has 3 aromatic carbocycles. The normalized spacial score (nSPS) is 12.2. The quantitative estimate of drug-likeness (QED) is 0.190. The van der Waals surface area contributed by atoms with Gasteiger partial charge in [-0.1, -0.05) is 103 Å². The van der Waals surface area contributed by atoms with Gasteiger partial charge in [-0.05, 0) is 50.3 Å². The van der Waals surface area contributed by atoms with E-state index in [9.17, 15) is 4.79 Å². The summed E-state index contributed by atoms with van der Waals surface area (Å²) >= 11 is 0. The lowest BCUT2D eigenvalue weighted by Gasteiger charge is -2.30. The van der Waals surface area contributed by atoms with Gasteiger partial charge in [-0.2, -0.15) is 0 Å². The Bertz CT molecular complexity index is 1100. The van der Waals surface area contributed by atoms with Crippen LogP contribution in [0.15, 0.2) is 103 Å². The van der Waals surface area contributed by atoms with Crippen LogP contribution in [-0.2, 0) is 29.0 Å². The molecule has 5 heteroatoms. The lowest BCUT2D eigenvalue weighted by Crippen LogP contribution is -2.47. The first kappa shape index (κ1) is 29.2. The Labute approximate surface area is 228 Å². The van der Waals surface area contributed by atoms with Gasteiger partial charge in [0.2, 0.25) is 0 Å². The van der Waals surface area contributed by atoms with Crippen LogP contribution in [0.2, 0.25) is 0 Å². The Balaban J connectivity index is 1.65. The van der Waals surface area contributed by atoms with Crippen LogP contribution in [0.25, 0.3) is 0 Å². The van der Waals surface area contributed by atoms with Crippen molar-refractivity contribution in [2.24, 2.45) is 0 Å². The van der Waals surface area contributed by atoms with E-state index in [0.29, 0.717) is 32.7 Å². The number of benzene rings is 3. The molecule has 0 aliphatic heterocycles. The maximum atomic E-state index is 12.7. The number of alkyl carbamates (subject to hydrolysis) is 1. The van der Waals surface area contributed by atoms with E-state index in [2.05, 4.69) is 65.3 Å². The van der Waals surface area contributed by atoms with Crippen molar-refractivity contribution >= 4 is 6.09 Å². The molecule has 1 atom stereocenters. The first-order valence-corrected chi connectivity index (χ1v) is 13.3. The van der Waals surface area contributed by atoms with Crippen molar-refractivity contribution in [1.29, 1.82) is 0 Å². The second-order valence-electron chi connectivity index (χ2n) is 10.7. The Morgan fingerprint density at radius 3 is 2.00 bits per heavy atom. The van der Waals surface area contributed by atoms with E-state index in [-0.39, 0.29) is 6.04 Å². The van der Waals surface area contributed by atoms with E-state index < -0.39 is 11.7 Å². The molecule has 0 spiro atoms. The minimum Gasteiger partial charge on any atom is -0.444 e. The van der Waals surface area contributed by atoms with E-state index >= 15 is 0 Å². The van der Waals surface area contributed by atoms with Gasteiger partial charge < -0.3 is 14.8 Å². The molecule has 38 heavy (non-hydrogen) atoms. The van der Waals surface area contributed by atoms with Crippen molar-refractivity contribution < 1.29 is 14.3 Å². The molecule has 1 N–H and O–H groups in total. The molecule has 0 aliphatic rings. The lowest BCUT2D eigenvalue weighted by molar-refractivity contribution is 0.0491. The van der Waals surface area contributed by atoms with Crippen LogP contribution in [0, 0.1) is 0 Å². The molecule has 0 aliphatic carbocycles. The average molecular weight is 515 g/mol. The summed E-state index contributed by atoms with van der Waals surface area (Å²) < 4.78 is 11.5. The van der Waals surface area contributed by atoms with Crippen LogP contribution in [0.5, 0.6) is 0 Å². The zero-order valence-corrected chi connectivity index (χ0v) is 23.1. The van der Waals surface area contributed by atoms with Gasteiger partial charge >= 0.3 is 6.09 Å². The van der Waals surface area contributed by atoms with Gasteiger partial charge in [-0.25, -0.2) is 4.79 Å². The maximum Gasteiger partial charge on any atom is 0.407 e. The highest BCUT2D eigenvalue weighted by Crippen LogP contribution is 2.14. The summed E-state index contributed by atoms with van der Waals surface area (Å²) in [5, 5.41) is 3.12. The number of rotatable bonds is 14. The third-order valence-corrected chi connectivity index (χ3v) is 5.93. The summed E-state index contributed by atoms with van der Waals surface area (Å²) in [6, 6.07) is 30.7. The first-order valence-electron chi connectivity index (χ1n) is 13.3. The molecular formula is C33H42N2O3. The van der Waals surface area contributed by atoms with Gasteiger partial charge in [0.25, 0.3) is 0 Å². The number of ether oxygens (including phenoxy) is 2. The second kappa shape index (κ2) is 15.1. The summed E-state index contributed by atoms with van der Waals surface area (Å²) in [7, 11) is 0. The first-order chi connectivity index (χ1) is 18.3. The third-order valence-electron chi connectivity index (χ3n) is 5.93. The van der Waals surface area contributed by atoms with Crippen LogP contribution in [0.4, 0.5) is 4.79 Å². The molecule has 5 nitrogen and oxygen atoms in total. The molecule has 1 amide bonds. The number of carbonyl (C=O) groups is 1. The molecule has 0 saturated carbocycles. The SMILES string of the molecule is C=C(CCOCc1ccccc1)CN(Cc1ccccc1)C[C@H](Cc1ccccc1)NC(=O)OC(C)(C)C. The third kappa shape index (κ3) is 11.8. The van der Waals surface area contributed by atoms with Crippen LogP contribution in [-0.4, -0.2) is 42.3 Å². The van der Waals surface area contributed by atoms with Gasteiger partial charge in [0.1, 0.15) is 5.60 Å². The fourth-order valence-electron chi connectivity index (χ4n) is 4.25. The number of nitrogens with zero attached hydrogens (tertiary/aromatic N) is 1. The minimum absolute atomic E-state index is 0.127. The van der Waals surface area contributed by atoms with Crippen molar-refractivity contribution in [3.05, 3.63) is 120 Å². The molecule has 0 radical (unpaired) electrons. The highest BCUT2D eigenvalue weighted by Gasteiger charge is 2.22. The van der Waals surface area contributed by atoms with Gasteiger partial charge in [0.15, 0.2) is 0 Å². The van der Waals surface area contributed by atoms with Crippen LogP contribution in [0.1, 0.15) is 43.9 Å². The van der Waals surface area contributed by atoms with Crippen molar-refractivity contribution in [3.63, 3.8) is 0 Å². The summed E-state index contributed by atoms with van der Waals surface area (Å²) in [5.41, 5.74) is 4.10. The molecule has 3 rings (SSSR count). The molecule has 202 valence electrons.